The molecule has 0 heterocycles. The highest BCUT2D eigenvalue weighted by Crippen LogP contribution is 2.18. The Morgan fingerprint density at radius 1 is 1.00 bits per heavy atom. The lowest BCUT2D eigenvalue weighted by molar-refractivity contribution is -0.121. The second-order valence-corrected chi connectivity index (χ2v) is 5.54. The van der Waals surface area contributed by atoms with E-state index in [1.165, 1.54) is 0 Å². The molecule has 2 aromatic rings. The van der Waals surface area contributed by atoms with Gasteiger partial charge in [0.15, 0.2) is 0 Å². The summed E-state index contributed by atoms with van der Waals surface area (Å²) in [4.78, 5) is 24.4. The number of benzene rings is 2. The Morgan fingerprint density at radius 3 is 2.44 bits per heavy atom. The van der Waals surface area contributed by atoms with Crippen LogP contribution in [0.15, 0.2) is 48.5 Å². The van der Waals surface area contributed by atoms with Crippen LogP contribution in [0.1, 0.15) is 10.4 Å². The third kappa shape index (κ3) is 6.19. The number of hydrogen-bond donors (Lipinski definition) is 2. The number of halogens is 1. The van der Waals surface area contributed by atoms with Crippen LogP contribution in [0.5, 0.6) is 0 Å². The number of carbonyl (C=O) groups excluding carboxylic acids is 2. The van der Waals surface area contributed by atoms with E-state index in [1.807, 2.05) is 0 Å². The van der Waals surface area contributed by atoms with Crippen molar-refractivity contribution in [2.24, 2.45) is 0 Å². The predicted octanol–water partition coefficient (Wildman–Crippen LogP) is 3.19. The molecule has 0 radical (unpaired) electrons. The predicted molar refractivity (Wildman–Crippen MR) is 97.2 cm³/mol. The van der Waals surface area contributed by atoms with Gasteiger partial charge in [0.1, 0.15) is 6.61 Å². The molecule has 0 aliphatic heterocycles. The van der Waals surface area contributed by atoms with Crippen molar-refractivity contribution in [3.05, 3.63) is 59.1 Å². The molecule has 0 bridgehead atoms. The molecular weight excluding hydrogens is 344 g/mol. The first-order valence-corrected chi connectivity index (χ1v) is 8.00. The molecule has 132 valence electrons. The average Bonchev–Trinajstić information content (AvgIpc) is 2.61. The van der Waals surface area contributed by atoms with E-state index in [4.69, 9.17) is 21.1 Å². The van der Waals surface area contributed by atoms with E-state index >= 15 is 0 Å². The second kappa shape index (κ2) is 9.78. The summed E-state index contributed by atoms with van der Waals surface area (Å²) in [5.41, 5.74) is 1.37. The summed E-state index contributed by atoms with van der Waals surface area (Å²) >= 11 is 5.83. The van der Waals surface area contributed by atoms with Crippen LogP contribution in [0.4, 0.5) is 11.4 Å². The lowest BCUT2D eigenvalue weighted by atomic mass is 10.1. The van der Waals surface area contributed by atoms with Gasteiger partial charge < -0.3 is 20.1 Å². The van der Waals surface area contributed by atoms with E-state index in [-0.39, 0.29) is 18.4 Å². The van der Waals surface area contributed by atoms with Gasteiger partial charge in [0.2, 0.25) is 5.91 Å². The first-order valence-electron chi connectivity index (χ1n) is 7.62. The molecule has 2 N–H and O–H groups in total. The van der Waals surface area contributed by atoms with Gasteiger partial charge in [-0.15, -0.1) is 0 Å². The number of carbonyl (C=O) groups is 2. The molecule has 2 aromatic carbocycles. The van der Waals surface area contributed by atoms with Crippen molar-refractivity contribution in [1.29, 1.82) is 0 Å². The van der Waals surface area contributed by atoms with Crippen LogP contribution >= 0.6 is 11.6 Å². The summed E-state index contributed by atoms with van der Waals surface area (Å²) in [5, 5.41) is 6.02. The number of ether oxygens (including phenoxy) is 2. The molecule has 0 saturated carbocycles. The zero-order valence-corrected chi connectivity index (χ0v) is 14.5. The molecule has 0 aliphatic carbocycles. The molecule has 0 unspecified atom stereocenters. The number of para-hydroxylation sites is 1. The van der Waals surface area contributed by atoms with Gasteiger partial charge in [-0.1, -0.05) is 23.7 Å². The fourth-order valence-electron chi connectivity index (χ4n) is 2.02. The van der Waals surface area contributed by atoms with Gasteiger partial charge in [0.25, 0.3) is 5.91 Å². The minimum absolute atomic E-state index is 0.115. The lowest BCUT2D eigenvalue weighted by Gasteiger charge is -2.12. The molecule has 7 heteroatoms. The molecule has 25 heavy (non-hydrogen) atoms. The van der Waals surface area contributed by atoms with Crippen LogP contribution in [-0.2, 0) is 14.3 Å². The number of rotatable bonds is 8. The van der Waals surface area contributed by atoms with E-state index in [0.29, 0.717) is 35.2 Å². The summed E-state index contributed by atoms with van der Waals surface area (Å²) in [6, 6.07) is 13.5. The Morgan fingerprint density at radius 2 is 1.72 bits per heavy atom. The highest BCUT2D eigenvalue weighted by Gasteiger charge is 2.13. The Kier molecular flexibility index (Phi) is 7.40. The van der Waals surface area contributed by atoms with Crippen molar-refractivity contribution in [3.63, 3.8) is 0 Å². The molecule has 2 amide bonds. The Labute approximate surface area is 151 Å². The van der Waals surface area contributed by atoms with Crippen molar-refractivity contribution in [1.82, 2.24) is 0 Å². The van der Waals surface area contributed by atoms with Gasteiger partial charge in [-0.3, -0.25) is 9.59 Å². The number of methoxy groups -OCH3 is 1. The van der Waals surface area contributed by atoms with Gasteiger partial charge in [0.05, 0.1) is 24.5 Å². The maximum absolute atomic E-state index is 12.5. The topological polar surface area (TPSA) is 76.7 Å². The molecule has 6 nitrogen and oxygen atoms in total. The molecule has 0 aliphatic rings. The fraction of sp³-hybridized carbons (Fsp3) is 0.222. The van der Waals surface area contributed by atoms with Crippen LogP contribution < -0.4 is 10.6 Å². The van der Waals surface area contributed by atoms with Crippen LogP contribution in [0.2, 0.25) is 5.02 Å². The van der Waals surface area contributed by atoms with Crippen molar-refractivity contribution < 1.29 is 19.1 Å². The first-order chi connectivity index (χ1) is 12.1. The fourth-order valence-corrected chi connectivity index (χ4v) is 2.14. The summed E-state index contributed by atoms with van der Waals surface area (Å²) in [7, 11) is 1.55. The number of nitrogens with one attached hydrogen (secondary N) is 2. The third-order valence-corrected chi connectivity index (χ3v) is 3.46. The van der Waals surface area contributed by atoms with Gasteiger partial charge in [-0.25, -0.2) is 0 Å². The van der Waals surface area contributed by atoms with Crippen molar-refractivity contribution in [2.45, 2.75) is 0 Å². The zero-order chi connectivity index (χ0) is 18.1. The minimum Gasteiger partial charge on any atom is -0.382 e. The van der Waals surface area contributed by atoms with Crippen LogP contribution in [0.25, 0.3) is 0 Å². The number of amides is 2. The SMILES string of the molecule is COCCOCC(=O)Nc1ccccc1C(=O)Nc1ccc(Cl)cc1. The highest BCUT2D eigenvalue weighted by atomic mass is 35.5. The standard InChI is InChI=1S/C18H19ClN2O4/c1-24-10-11-25-12-17(22)21-16-5-3-2-4-15(16)18(23)20-14-8-6-13(19)7-9-14/h2-9H,10-12H2,1H3,(H,20,23)(H,21,22). The van der Waals surface area contributed by atoms with Gasteiger partial charge >= 0.3 is 0 Å². The molecule has 2 rings (SSSR count). The summed E-state index contributed by atoms with van der Waals surface area (Å²) in [5.74, 6) is -0.679. The van der Waals surface area contributed by atoms with Gasteiger partial charge in [-0.2, -0.15) is 0 Å². The maximum Gasteiger partial charge on any atom is 0.257 e. The monoisotopic (exact) mass is 362 g/mol. The van der Waals surface area contributed by atoms with Crippen LogP contribution in [0.3, 0.4) is 0 Å². The first kappa shape index (κ1) is 18.9. The molecule has 0 fully saturated rings. The molecule has 0 saturated heterocycles. The van der Waals surface area contributed by atoms with Gasteiger partial charge in [-0.05, 0) is 36.4 Å². The molecule has 0 aromatic heterocycles. The zero-order valence-electron chi connectivity index (χ0n) is 13.8. The van der Waals surface area contributed by atoms with Crippen molar-refractivity contribution in [2.75, 3.05) is 37.6 Å². The van der Waals surface area contributed by atoms with Crippen LogP contribution in [0, 0.1) is 0 Å². The van der Waals surface area contributed by atoms with E-state index in [1.54, 1.807) is 55.6 Å². The van der Waals surface area contributed by atoms with Crippen molar-refractivity contribution >= 4 is 34.8 Å². The van der Waals surface area contributed by atoms with E-state index in [2.05, 4.69) is 10.6 Å². The number of hydrogen-bond acceptors (Lipinski definition) is 4. The quantitative estimate of drug-likeness (QED) is 0.707. The lowest BCUT2D eigenvalue weighted by Crippen LogP contribution is -2.22. The van der Waals surface area contributed by atoms with Crippen molar-refractivity contribution in [3.8, 4) is 0 Å². The maximum atomic E-state index is 12.5. The Balaban J connectivity index is 2.00. The second-order valence-electron chi connectivity index (χ2n) is 5.10. The van der Waals surface area contributed by atoms with E-state index in [0.717, 1.165) is 0 Å². The number of anilines is 2. The summed E-state index contributed by atoms with van der Waals surface area (Å²) < 4.78 is 10.0. The molecule has 0 spiro atoms. The van der Waals surface area contributed by atoms with E-state index < -0.39 is 0 Å². The van der Waals surface area contributed by atoms with E-state index in [9.17, 15) is 9.59 Å². The molecule has 0 atom stereocenters. The summed E-state index contributed by atoms with van der Waals surface area (Å²) in [6.07, 6.45) is 0. The smallest absolute Gasteiger partial charge is 0.257 e. The third-order valence-electron chi connectivity index (χ3n) is 3.21. The summed E-state index contributed by atoms with van der Waals surface area (Å²) in [6.45, 7) is 0.618. The van der Waals surface area contributed by atoms with Gasteiger partial charge in [0, 0.05) is 17.8 Å². The normalized spacial score (nSPS) is 10.3. The van der Waals surface area contributed by atoms with Crippen LogP contribution in [-0.4, -0.2) is 38.7 Å². The Bertz CT molecular complexity index is 719. The average molecular weight is 363 g/mol. The largest absolute Gasteiger partial charge is 0.382 e. The Hall–Kier alpha value is -2.41. The minimum atomic E-state index is -0.345. The molecular formula is C18H19ClN2O4. The highest BCUT2D eigenvalue weighted by molar-refractivity contribution is 6.30.